The molecule has 2 rings (SSSR count). The van der Waals surface area contributed by atoms with E-state index in [0.717, 1.165) is 17.2 Å². The first-order chi connectivity index (χ1) is 11.5. The summed E-state index contributed by atoms with van der Waals surface area (Å²) in [5, 5.41) is 0. The molecular formula is C19H15F3O2. The SMILES string of the molecule is COC(=O)Cc1ccc(CCC#Cc2cc(F)c(F)cc2F)cc1. The molecule has 0 aliphatic rings. The Morgan fingerprint density at radius 3 is 2.29 bits per heavy atom. The highest BCUT2D eigenvalue weighted by atomic mass is 19.2. The van der Waals surface area contributed by atoms with Gasteiger partial charge < -0.3 is 4.74 Å². The molecule has 0 aromatic heterocycles. The summed E-state index contributed by atoms with van der Waals surface area (Å²) in [7, 11) is 1.34. The second kappa shape index (κ2) is 8.21. The van der Waals surface area contributed by atoms with E-state index >= 15 is 0 Å². The smallest absolute Gasteiger partial charge is 0.309 e. The van der Waals surface area contributed by atoms with E-state index in [0.29, 0.717) is 18.9 Å². The molecule has 0 spiro atoms. The Kier molecular flexibility index (Phi) is 6.02. The van der Waals surface area contributed by atoms with Crippen LogP contribution < -0.4 is 0 Å². The lowest BCUT2D eigenvalue weighted by molar-refractivity contribution is -0.139. The highest BCUT2D eigenvalue weighted by Crippen LogP contribution is 2.13. The number of hydrogen-bond donors (Lipinski definition) is 0. The van der Waals surface area contributed by atoms with Crippen molar-refractivity contribution < 1.29 is 22.7 Å². The van der Waals surface area contributed by atoms with Crippen molar-refractivity contribution in [1.82, 2.24) is 0 Å². The van der Waals surface area contributed by atoms with E-state index < -0.39 is 17.5 Å². The third kappa shape index (κ3) is 4.88. The lowest BCUT2D eigenvalue weighted by Crippen LogP contribution is -2.04. The molecule has 0 aliphatic carbocycles. The number of aryl methyl sites for hydroxylation is 1. The van der Waals surface area contributed by atoms with Gasteiger partial charge >= 0.3 is 5.97 Å². The van der Waals surface area contributed by atoms with Crippen molar-refractivity contribution in [3.05, 3.63) is 70.5 Å². The first-order valence-electron chi connectivity index (χ1n) is 7.27. The first kappa shape index (κ1) is 17.6. The average Bonchev–Trinajstić information content (AvgIpc) is 2.57. The van der Waals surface area contributed by atoms with Crippen LogP contribution in [0.1, 0.15) is 23.1 Å². The van der Waals surface area contributed by atoms with E-state index in [2.05, 4.69) is 16.6 Å². The van der Waals surface area contributed by atoms with Crippen LogP contribution in [0.5, 0.6) is 0 Å². The molecule has 5 heteroatoms. The van der Waals surface area contributed by atoms with Gasteiger partial charge in [0.05, 0.1) is 19.1 Å². The number of hydrogen-bond acceptors (Lipinski definition) is 2. The van der Waals surface area contributed by atoms with Crippen LogP contribution in [0.25, 0.3) is 0 Å². The van der Waals surface area contributed by atoms with Crippen LogP contribution in [0.4, 0.5) is 13.2 Å². The van der Waals surface area contributed by atoms with Gasteiger partial charge in [0, 0.05) is 12.5 Å². The maximum absolute atomic E-state index is 13.4. The number of esters is 1. The standard InChI is InChI=1S/C19H15F3O2/c1-24-19(23)10-14-8-6-13(7-9-14)4-2-3-5-15-11-17(21)18(22)12-16(15)20/h6-9,11-12H,2,4,10H2,1H3. The van der Waals surface area contributed by atoms with Crippen molar-refractivity contribution in [2.24, 2.45) is 0 Å². The van der Waals surface area contributed by atoms with Crippen molar-refractivity contribution in [3.63, 3.8) is 0 Å². The maximum Gasteiger partial charge on any atom is 0.309 e. The fourth-order valence-corrected chi connectivity index (χ4v) is 2.05. The maximum atomic E-state index is 13.4. The summed E-state index contributed by atoms with van der Waals surface area (Å²) in [4.78, 5) is 11.2. The molecule has 0 N–H and O–H groups in total. The van der Waals surface area contributed by atoms with Gasteiger partial charge in [-0.25, -0.2) is 13.2 Å². The molecule has 0 aliphatic heterocycles. The number of halogens is 3. The van der Waals surface area contributed by atoms with Gasteiger partial charge in [0.1, 0.15) is 5.82 Å². The van der Waals surface area contributed by atoms with E-state index in [1.54, 1.807) is 0 Å². The van der Waals surface area contributed by atoms with E-state index in [-0.39, 0.29) is 18.0 Å². The van der Waals surface area contributed by atoms with Gasteiger partial charge in [0.25, 0.3) is 0 Å². The van der Waals surface area contributed by atoms with Crippen LogP contribution in [0.2, 0.25) is 0 Å². The monoisotopic (exact) mass is 332 g/mol. The van der Waals surface area contributed by atoms with Gasteiger partial charge in [0.2, 0.25) is 0 Å². The summed E-state index contributed by atoms with van der Waals surface area (Å²) in [5.74, 6) is 1.70. The normalized spacial score (nSPS) is 10.0. The molecule has 2 aromatic carbocycles. The summed E-state index contributed by atoms with van der Waals surface area (Å²) in [6, 6.07) is 8.64. The number of benzene rings is 2. The first-order valence-corrected chi connectivity index (χ1v) is 7.27. The molecule has 24 heavy (non-hydrogen) atoms. The van der Waals surface area contributed by atoms with Crippen molar-refractivity contribution in [2.75, 3.05) is 7.11 Å². The van der Waals surface area contributed by atoms with E-state index in [1.807, 2.05) is 24.3 Å². The Bertz CT molecular complexity index is 787. The summed E-state index contributed by atoms with van der Waals surface area (Å²) >= 11 is 0. The Morgan fingerprint density at radius 2 is 1.62 bits per heavy atom. The molecule has 0 saturated carbocycles. The van der Waals surface area contributed by atoms with Crippen LogP contribution in [0.15, 0.2) is 36.4 Å². The van der Waals surface area contributed by atoms with Crippen LogP contribution >= 0.6 is 0 Å². The predicted molar refractivity (Wildman–Crippen MR) is 83.7 cm³/mol. The Labute approximate surface area is 138 Å². The molecule has 2 aromatic rings. The van der Waals surface area contributed by atoms with E-state index in [1.165, 1.54) is 7.11 Å². The van der Waals surface area contributed by atoms with Crippen molar-refractivity contribution in [1.29, 1.82) is 0 Å². The van der Waals surface area contributed by atoms with Gasteiger partial charge in [-0.2, -0.15) is 0 Å². The lowest BCUT2D eigenvalue weighted by atomic mass is 10.1. The van der Waals surface area contributed by atoms with Gasteiger partial charge in [0.15, 0.2) is 11.6 Å². The molecule has 0 radical (unpaired) electrons. The van der Waals surface area contributed by atoms with Gasteiger partial charge in [-0.1, -0.05) is 36.1 Å². The van der Waals surface area contributed by atoms with Crippen molar-refractivity contribution >= 4 is 5.97 Å². The van der Waals surface area contributed by atoms with Crippen molar-refractivity contribution in [3.8, 4) is 11.8 Å². The van der Waals surface area contributed by atoms with Gasteiger partial charge in [-0.15, -0.1) is 0 Å². The molecule has 0 heterocycles. The molecule has 2 nitrogen and oxygen atoms in total. The minimum absolute atomic E-state index is 0.165. The second-order valence-corrected chi connectivity index (χ2v) is 5.12. The summed E-state index contributed by atoms with van der Waals surface area (Å²) in [6.45, 7) is 0. The van der Waals surface area contributed by atoms with Crippen LogP contribution in [0.3, 0.4) is 0 Å². The van der Waals surface area contributed by atoms with Crippen LogP contribution in [-0.4, -0.2) is 13.1 Å². The zero-order chi connectivity index (χ0) is 17.5. The average molecular weight is 332 g/mol. The third-order valence-electron chi connectivity index (χ3n) is 3.37. The highest BCUT2D eigenvalue weighted by molar-refractivity contribution is 5.72. The number of methoxy groups -OCH3 is 1. The quantitative estimate of drug-likeness (QED) is 0.484. The Hall–Kier alpha value is -2.74. The van der Waals surface area contributed by atoms with Crippen LogP contribution in [-0.2, 0) is 22.4 Å². The molecular weight excluding hydrogens is 317 g/mol. The van der Waals surface area contributed by atoms with Crippen LogP contribution in [0, 0.1) is 29.3 Å². The largest absolute Gasteiger partial charge is 0.469 e. The lowest BCUT2D eigenvalue weighted by Gasteiger charge is -2.02. The van der Waals surface area contributed by atoms with E-state index in [9.17, 15) is 18.0 Å². The third-order valence-corrected chi connectivity index (χ3v) is 3.37. The predicted octanol–water partition coefficient (Wildman–Crippen LogP) is 3.80. The Balaban J connectivity index is 1.93. The fourth-order valence-electron chi connectivity index (χ4n) is 2.05. The molecule has 0 fully saturated rings. The van der Waals surface area contributed by atoms with Crippen molar-refractivity contribution in [2.45, 2.75) is 19.3 Å². The highest BCUT2D eigenvalue weighted by Gasteiger charge is 2.07. The molecule has 0 bridgehead atoms. The van der Waals surface area contributed by atoms with Gasteiger partial charge in [-0.3, -0.25) is 4.79 Å². The molecule has 0 atom stereocenters. The summed E-state index contributed by atoms with van der Waals surface area (Å²) in [5.41, 5.74) is 1.69. The number of rotatable bonds is 4. The fraction of sp³-hybridized carbons (Fsp3) is 0.211. The minimum Gasteiger partial charge on any atom is -0.469 e. The Morgan fingerprint density at radius 1 is 1.00 bits per heavy atom. The van der Waals surface area contributed by atoms with Gasteiger partial charge in [-0.05, 0) is 23.6 Å². The van der Waals surface area contributed by atoms with E-state index in [4.69, 9.17) is 0 Å². The summed E-state index contributed by atoms with van der Waals surface area (Å²) in [6.07, 6.45) is 1.28. The molecule has 124 valence electrons. The zero-order valence-electron chi connectivity index (χ0n) is 13.0. The minimum atomic E-state index is -1.23. The zero-order valence-corrected chi connectivity index (χ0v) is 13.0. The summed E-state index contributed by atoms with van der Waals surface area (Å²) < 4.78 is 43.9. The second-order valence-electron chi connectivity index (χ2n) is 5.12. The molecule has 0 saturated heterocycles. The number of carbonyl (C=O) groups is 1. The molecule has 0 amide bonds. The topological polar surface area (TPSA) is 26.3 Å². The molecule has 0 unspecified atom stereocenters. The number of carbonyl (C=O) groups excluding carboxylic acids is 1. The number of ether oxygens (including phenoxy) is 1.